The van der Waals surface area contributed by atoms with Crippen molar-refractivity contribution in [2.75, 3.05) is 7.05 Å². The van der Waals surface area contributed by atoms with Gasteiger partial charge in [-0.3, -0.25) is 9.59 Å². The molecular formula is C12H19N3O4S. The van der Waals surface area contributed by atoms with E-state index in [0.717, 1.165) is 12.3 Å². The van der Waals surface area contributed by atoms with Crippen molar-refractivity contribution in [2.24, 2.45) is 5.92 Å². The van der Waals surface area contributed by atoms with Crippen molar-refractivity contribution in [2.45, 2.75) is 31.2 Å². The molecule has 0 aliphatic rings. The molecule has 0 bridgehead atoms. The summed E-state index contributed by atoms with van der Waals surface area (Å²) in [6.07, 6.45) is 2.77. The summed E-state index contributed by atoms with van der Waals surface area (Å²) in [4.78, 5) is 25.4. The number of hydrogen-bond donors (Lipinski definition) is 3. The number of sulfonamides is 1. The maximum Gasteiger partial charge on any atom is 0.246 e. The maximum absolute atomic E-state index is 12.2. The van der Waals surface area contributed by atoms with E-state index in [9.17, 15) is 18.0 Å². The van der Waals surface area contributed by atoms with Crippen molar-refractivity contribution in [3.05, 3.63) is 28.7 Å². The number of aromatic amines is 1. The van der Waals surface area contributed by atoms with Crippen LogP contribution in [0.25, 0.3) is 0 Å². The van der Waals surface area contributed by atoms with Crippen LogP contribution in [0.5, 0.6) is 0 Å². The van der Waals surface area contributed by atoms with Crippen LogP contribution >= 0.6 is 0 Å². The normalized spacial score (nSPS) is 13.2. The molecule has 1 aromatic rings. The van der Waals surface area contributed by atoms with E-state index in [-0.39, 0.29) is 5.92 Å². The SMILES string of the molecule is CNC(=O)C(CC(C)C)NS(=O)(=O)c1c[nH]ccc1=O. The summed E-state index contributed by atoms with van der Waals surface area (Å²) in [5, 5.41) is 2.41. The van der Waals surface area contributed by atoms with Crippen molar-refractivity contribution in [3.8, 4) is 0 Å². The first-order chi connectivity index (χ1) is 9.27. The first-order valence-electron chi connectivity index (χ1n) is 6.19. The van der Waals surface area contributed by atoms with Crippen LogP contribution in [0, 0.1) is 5.92 Å². The van der Waals surface area contributed by atoms with Gasteiger partial charge in [-0.1, -0.05) is 13.8 Å². The van der Waals surface area contributed by atoms with Crippen molar-refractivity contribution >= 4 is 15.9 Å². The zero-order valence-corrected chi connectivity index (χ0v) is 12.5. The Hall–Kier alpha value is -1.67. The lowest BCUT2D eigenvalue weighted by molar-refractivity contribution is -0.122. The maximum atomic E-state index is 12.2. The van der Waals surface area contributed by atoms with Gasteiger partial charge < -0.3 is 10.3 Å². The average Bonchev–Trinajstić information content (AvgIpc) is 2.36. The van der Waals surface area contributed by atoms with Crippen LogP contribution in [0.2, 0.25) is 0 Å². The summed E-state index contributed by atoms with van der Waals surface area (Å²) in [6.45, 7) is 3.75. The van der Waals surface area contributed by atoms with E-state index < -0.39 is 32.3 Å². The van der Waals surface area contributed by atoms with Gasteiger partial charge in [0.1, 0.15) is 10.9 Å². The molecule has 0 fully saturated rings. The number of nitrogens with one attached hydrogen (secondary N) is 3. The molecule has 20 heavy (non-hydrogen) atoms. The third-order valence-corrected chi connectivity index (χ3v) is 4.14. The van der Waals surface area contributed by atoms with E-state index in [1.54, 1.807) is 0 Å². The molecule has 8 heteroatoms. The highest BCUT2D eigenvalue weighted by atomic mass is 32.2. The molecular weight excluding hydrogens is 282 g/mol. The summed E-state index contributed by atoms with van der Waals surface area (Å²) in [5.74, 6) is -0.316. The average molecular weight is 301 g/mol. The minimum atomic E-state index is -4.05. The lowest BCUT2D eigenvalue weighted by Crippen LogP contribution is -2.47. The summed E-state index contributed by atoms with van der Waals surface area (Å²) in [7, 11) is -2.62. The van der Waals surface area contributed by atoms with Crippen LogP contribution in [0.1, 0.15) is 20.3 Å². The molecule has 0 aliphatic carbocycles. The Balaban J connectivity index is 3.06. The summed E-state index contributed by atoms with van der Waals surface area (Å²) < 4.78 is 26.6. The molecule has 0 spiro atoms. The summed E-state index contributed by atoms with van der Waals surface area (Å²) in [5.41, 5.74) is -0.628. The summed E-state index contributed by atoms with van der Waals surface area (Å²) in [6, 6.07) is 0.205. The van der Waals surface area contributed by atoms with Crippen LogP contribution in [0.15, 0.2) is 28.2 Å². The molecule has 1 aromatic heterocycles. The third kappa shape index (κ3) is 4.17. The van der Waals surface area contributed by atoms with Crippen LogP contribution in [-0.4, -0.2) is 32.4 Å². The minimum Gasteiger partial charge on any atom is -0.366 e. The largest absolute Gasteiger partial charge is 0.366 e. The number of amides is 1. The highest BCUT2D eigenvalue weighted by molar-refractivity contribution is 7.89. The highest BCUT2D eigenvalue weighted by Crippen LogP contribution is 2.09. The number of pyridine rings is 1. The van der Waals surface area contributed by atoms with Gasteiger partial charge in [0.05, 0.1) is 0 Å². The van der Waals surface area contributed by atoms with Crippen LogP contribution in [0.3, 0.4) is 0 Å². The van der Waals surface area contributed by atoms with E-state index in [1.165, 1.54) is 13.2 Å². The van der Waals surface area contributed by atoms with Gasteiger partial charge in [-0.25, -0.2) is 8.42 Å². The van der Waals surface area contributed by atoms with Gasteiger partial charge in [0.25, 0.3) is 0 Å². The fourth-order valence-electron chi connectivity index (χ4n) is 1.72. The van der Waals surface area contributed by atoms with Gasteiger partial charge in [0, 0.05) is 25.5 Å². The first-order valence-corrected chi connectivity index (χ1v) is 7.67. The van der Waals surface area contributed by atoms with Crippen molar-refractivity contribution in [3.63, 3.8) is 0 Å². The zero-order valence-electron chi connectivity index (χ0n) is 11.6. The number of carbonyl (C=O) groups is 1. The van der Waals surface area contributed by atoms with E-state index in [4.69, 9.17) is 0 Å². The fraction of sp³-hybridized carbons (Fsp3) is 0.500. The van der Waals surface area contributed by atoms with E-state index in [0.29, 0.717) is 6.42 Å². The van der Waals surface area contributed by atoms with Gasteiger partial charge in [0.2, 0.25) is 21.4 Å². The number of hydrogen-bond acceptors (Lipinski definition) is 4. The van der Waals surface area contributed by atoms with Crippen molar-refractivity contribution in [1.82, 2.24) is 15.0 Å². The number of likely N-dealkylation sites (N-methyl/N-ethyl adjacent to an activating group) is 1. The molecule has 1 heterocycles. The van der Waals surface area contributed by atoms with Crippen LogP contribution < -0.4 is 15.5 Å². The van der Waals surface area contributed by atoms with Crippen molar-refractivity contribution in [1.29, 1.82) is 0 Å². The predicted molar refractivity (Wildman–Crippen MR) is 74.7 cm³/mol. The highest BCUT2D eigenvalue weighted by Gasteiger charge is 2.27. The number of rotatable bonds is 6. The second kappa shape index (κ2) is 6.67. The molecule has 0 saturated heterocycles. The Labute approximate surface area is 117 Å². The molecule has 0 radical (unpaired) electrons. The zero-order chi connectivity index (χ0) is 15.3. The lowest BCUT2D eigenvalue weighted by atomic mass is 10.0. The van der Waals surface area contributed by atoms with Gasteiger partial charge in [-0.15, -0.1) is 0 Å². The smallest absolute Gasteiger partial charge is 0.246 e. The fourth-order valence-corrected chi connectivity index (χ4v) is 2.98. The molecule has 0 aliphatic heterocycles. The first kappa shape index (κ1) is 16.4. The topological polar surface area (TPSA) is 108 Å². The molecule has 0 aromatic carbocycles. The van der Waals surface area contributed by atoms with E-state index in [2.05, 4.69) is 15.0 Å². The Morgan fingerprint density at radius 3 is 2.55 bits per heavy atom. The molecule has 7 nitrogen and oxygen atoms in total. The predicted octanol–water partition coefficient (Wildman–Crippen LogP) is -0.186. The molecule has 1 rings (SSSR count). The third-order valence-electron chi connectivity index (χ3n) is 2.65. The van der Waals surface area contributed by atoms with Gasteiger partial charge in [-0.05, 0) is 12.3 Å². The Morgan fingerprint density at radius 2 is 2.05 bits per heavy atom. The second-order valence-corrected chi connectivity index (χ2v) is 6.47. The molecule has 1 atom stereocenters. The number of aromatic nitrogens is 1. The van der Waals surface area contributed by atoms with Gasteiger partial charge in [-0.2, -0.15) is 4.72 Å². The van der Waals surface area contributed by atoms with E-state index >= 15 is 0 Å². The Bertz CT molecular complexity index is 622. The molecule has 0 saturated carbocycles. The number of carbonyl (C=O) groups excluding carboxylic acids is 1. The van der Waals surface area contributed by atoms with Gasteiger partial charge in [0.15, 0.2) is 0 Å². The number of H-pyrrole nitrogens is 1. The summed E-state index contributed by atoms with van der Waals surface area (Å²) >= 11 is 0. The van der Waals surface area contributed by atoms with Crippen LogP contribution in [-0.2, 0) is 14.8 Å². The monoisotopic (exact) mass is 301 g/mol. The van der Waals surface area contributed by atoms with Crippen molar-refractivity contribution < 1.29 is 13.2 Å². The lowest BCUT2D eigenvalue weighted by Gasteiger charge is -2.18. The molecule has 1 amide bonds. The second-order valence-electron chi connectivity index (χ2n) is 4.79. The Kier molecular flexibility index (Phi) is 5.46. The Morgan fingerprint density at radius 1 is 1.40 bits per heavy atom. The minimum absolute atomic E-state index is 0.119. The van der Waals surface area contributed by atoms with Gasteiger partial charge >= 0.3 is 0 Å². The molecule has 3 N–H and O–H groups in total. The van der Waals surface area contributed by atoms with E-state index in [1.807, 2.05) is 13.8 Å². The standard InChI is InChI=1S/C12H19N3O4S/c1-8(2)6-9(12(17)13-3)15-20(18,19)11-7-14-5-4-10(11)16/h4-5,7-9,15H,6H2,1-3H3,(H,13,17)(H,14,16). The molecule has 112 valence electrons. The molecule has 1 unspecified atom stereocenters. The quantitative estimate of drug-likeness (QED) is 0.677. The van der Waals surface area contributed by atoms with Crippen LogP contribution in [0.4, 0.5) is 0 Å².